The van der Waals surface area contributed by atoms with Crippen LogP contribution in [0.4, 0.5) is 5.69 Å². The van der Waals surface area contributed by atoms with Gasteiger partial charge in [-0.3, -0.25) is 14.4 Å². The molecule has 0 aliphatic rings. The number of para-hydroxylation sites is 2. The van der Waals surface area contributed by atoms with Crippen LogP contribution in [0.3, 0.4) is 0 Å². The summed E-state index contributed by atoms with van der Waals surface area (Å²) >= 11 is 0. The molecule has 0 aliphatic heterocycles. The maximum Gasteiger partial charge on any atom is 0.262 e. The Kier molecular flexibility index (Phi) is 5.03. The van der Waals surface area contributed by atoms with Crippen molar-refractivity contribution >= 4 is 23.7 Å². The second-order valence-electron chi connectivity index (χ2n) is 4.59. The number of ether oxygens (including phenoxy) is 1. The minimum absolute atomic E-state index is 0.136. The molecule has 0 saturated carbocycles. The van der Waals surface area contributed by atoms with Gasteiger partial charge >= 0.3 is 0 Å². The quantitative estimate of drug-likeness (QED) is 0.657. The van der Waals surface area contributed by atoms with Crippen molar-refractivity contribution in [2.24, 2.45) is 0 Å². The second-order valence-corrected chi connectivity index (χ2v) is 4.59. The van der Waals surface area contributed by atoms with Crippen molar-refractivity contribution in [1.82, 2.24) is 0 Å². The summed E-state index contributed by atoms with van der Waals surface area (Å²) in [6.45, 7) is 1.18. The Morgan fingerprint density at radius 2 is 1.77 bits per heavy atom. The molecule has 0 unspecified atom stereocenters. The number of anilines is 1. The lowest BCUT2D eigenvalue weighted by molar-refractivity contribution is -0.118. The van der Waals surface area contributed by atoms with Crippen molar-refractivity contribution in [3.63, 3.8) is 0 Å². The molecule has 5 heteroatoms. The summed E-state index contributed by atoms with van der Waals surface area (Å²) in [5, 5.41) is 2.63. The molecule has 22 heavy (non-hydrogen) atoms. The lowest BCUT2D eigenvalue weighted by atomic mass is 10.1. The van der Waals surface area contributed by atoms with Gasteiger partial charge in [-0.1, -0.05) is 24.3 Å². The third kappa shape index (κ3) is 3.79. The van der Waals surface area contributed by atoms with Gasteiger partial charge in [-0.2, -0.15) is 0 Å². The molecule has 0 bridgehead atoms. The van der Waals surface area contributed by atoms with Crippen LogP contribution in [-0.2, 0) is 4.79 Å². The molecule has 0 fully saturated rings. The Bertz CT molecular complexity index is 709. The standard InChI is InChI=1S/C17H15NO4/c1-12(20)14-7-3-4-8-15(14)18-17(21)11-22-16-9-5-2-6-13(16)10-19/h2-10H,11H2,1H3,(H,18,21). The van der Waals surface area contributed by atoms with Crippen molar-refractivity contribution in [2.45, 2.75) is 6.92 Å². The highest BCUT2D eigenvalue weighted by atomic mass is 16.5. The average Bonchev–Trinajstić information content (AvgIpc) is 2.53. The summed E-state index contributed by atoms with van der Waals surface area (Å²) in [6, 6.07) is 13.4. The number of hydrogen-bond donors (Lipinski definition) is 1. The van der Waals surface area contributed by atoms with Gasteiger partial charge in [-0.15, -0.1) is 0 Å². The number of rotatable bonds is 6. The molecule has 1 N–H and O–H groups in total. The predicted octanol–water partition coefficient (Wildman–Crippen LogP) is 2.72. The molecule has 0 aromatic heterocycles. The van der Waals surface area contributed by atoms with Crippen molar-refractivity contribution in [3.8, 4) is 5.75 Å². The van der Waals surface area contributed by atoms with E-state index in [1.807, 2.05) is 0 Å². The fourth-order valence-electron chi connectivity index (χ4n) is 1.94. The number of carbonyl (C=O) groups excluding carboxylic acids is 3. The molecule has 2 aromatic rings. The molecular weight excluding hydrogens is 282 g/mol. The lowest BCUT2D eigenvalue weighted by Gasteiger charge is -2.10. The Labute approximate surface area is 127 Å². The molecule has 0 radical (unpaired) electrons. The van der Waals surface area contributed by atoms with Crippen molar-refractivity contribution in [1.29, 1.82) is 0 Å². The zero-order chi connectivity index (χ0) is 15.9. The smallest absolute Gasteiger partial charge is 0.262 e. The van der Waals surface area contributed by atoms with Crippen LogP contribution in [0.25, 0.3) is 0 Å². The van der Waals surface area contributed by atoms with Gasteiger partial charge in [0.2, 0.25) is 0 Å². The topological polar surface area (TPSA) is 72.5 Å². The minimum Gasteiger partial charge on any atom is -0.483 e. The van der Waals surface area contributed by atoms with E-state index < -0.39 is 5.91 Å². The van der Waals surface area contributed by atoms with Gasteiger partial charge in [0.25, 0.3) is 5.91 Å². The summed E-state index contributed by atoms with van der Waals surface area (Å²) in [7, 11) is 0. The Hall–Kier alpha value is -2.95. The molecule has 0 aliphatic carbocycles. The van der Waals surface area contributed by atoms with Crippen molar-refractivity contribution in [2.75, 3.05) is 11.9 Å². The normalized spacial score (nSPS) is 9.86. The van der Waals surface area contributed by atoms with Gasteiger partial charge < -0.3 is 10.1 Å². The molecule has 1 amide bonds. The van der Waals surface area contributed by atoms with Gasteiger partial charge in [-0.05, 0) is 31.2 Å². The highest BCUT2D eigenvalue weighted by Crippen LogP contribution is 2.17. The Morgan fingerprint density at radius 1 is 1.09 bits per heavy atom. The molecule has 2 aromatic carbocycles. The maximum absolute atomic E-state index is 11.9. The van der Waals surface area contributed by atoms with Crippen LogP contribution in [0.15, 0.2) is 48.5 Å². The van der Waals surface area contributed by atoms with E-state index in [0.29, 0.717) is 28.8 Å². The first-order valence-electron chi connectivity index (χ1n) is 6.68. The van der Waals surface area contributed by atoms with Crippen LogP contribution in [0, 0.1) is 0 Å². The molecular formula is C17H15NO4. The molecule has 2 rings (SSSR count). The third-order valence-corrected chi connectivity index (χ3v) is 2.99. The SMILES string of the molecule is CC(=O)c1ccccc1NC(=O)COc1ccccc1C=O. The van der Waals surface area contributed by atoms with E-state index in [-0.39, 0.29) is 12.4 Å². The highest BCUT2D eigenvalue weighted by molar-refractivity contribution is 6.03. The van der Waals surface area contributed by atoms with Crippen LogP contribution in [0.1, 0.15) is 27.6 Å². The zero-order valence-corrected chi connectivity index (χ0v) is 12.0. The van der Waals surface area contributed by atoms with Gasteiger partial charge in [0, 0.05) is 5.56 Å². The fourth-order valence-corrected chi connectivity index (χ4v) is 1.94. The molecule has 0 saturated heterocycles. The average molecular weight is 297 g/mol. The molecule has 0 spiro atoms. The lowest BCUT2D eigenvalue weighted by Crippen LogP contribution is -2.21. The van der Waals surface area contributed by atoms with E-state index in [0.717, 1.165) is 0 Å². The molecule has 112 valence electrons. The number of benzene rings is 2. The van der Waals surface area contributed by atoms with Crippen molar-refractivity contribution < 1.29 is 19.1 Å². The van der Waals surface area contributed by atoms with E-state index in [2.05, 4.69) is 5.32 Å². The largest absolute Gasteiger partial charge is 0.483 e. The summed E-state index contributed by atoms with van der Waals surface area (Å²) < 4.78 is 5.33. The number of aldehydes is 1. The van der Waals surface area contributed by atoms with Gasteiger partial charge in [0.15, 0.2) is 18.7 Å². The van der Waals surface area contributed by atoms with Crippen LogP contribution in [0.5, 0.6) is 5.75 Å². The second kappa shape index (κ2) is 7.17. The number of carbonyl (C=O) groups is 3. The first-order valence-corrected chi connectivity index (χ1v) is 6.68. The van der Waals surface area contributed by atoms with Crippen LogP contribution < -0.4 is 10.1 Å². The van der Waals surface area contributed by atoms with E-state index in [1.54, 1.807) is 48.5 Å². The fraction of sp³-hybridized carbons (Fsp3) is 0.118. The Balaban J connectivity index is 2.02. The number of Topliss-reactive ketones (excluding diaryl/α,β-unsaturated/α-hetero) is 1. The summed E-state index contributed by atoms with van der Waals surface area (Å²) in [5.41, 5.74) is 1.25. The summed E-state index contributed by atoms with van der Waals surface area (Å²) in [4.78, 5) is 34.3. The number of ketones is 1. The zero-order valence-electron chi connectivity index (χ0n) is 12.0. The minimum atomic E-state index is -0.408. The first kappa shape index (κ1) is 15.4. The van der Waals surface area contributed by atoms with E-state index in [4.69, 9.17) is 4.74 Å². The molecule has 5 nitrogen and oxygen atoms in total. The molecule has 0 atom stereocenters. The first-order chi connectivity index (χ1) is 10.6. The third-order valence-electron chi connectivity index (χ3n) is 2.99. The Morgan fingerprint density at radius 3 is 2.50 bits per heavy atom. The summed E-state index contributed by atoms with van der Waals surface area (Å²) in [6.07, 6.45) is 0.665. The van der Waals surface area contributed by atoms with Gasteiger partial charge in [0.1, 0.15) is 5.75 Å². The monoisotopic (exact) mass is 297 g/mol. The number of amides is 1. The van der Waals surface area contributed by atoms with Crippen LogP contribution in [0.2, 0.25) is 0 Å². The van der Waals surface area contributed by atoms with Crippen LogP contribution >= 0.6 is 0 Å². The van der Waals surface area contributed by atoms with Gasteiger partial charge in [-0.25, -0.2) is 0 Å². The van der Waals surface area contributed by atoms with E-state index in [1.165, 1.54) is 6.92 Å². The highest BCUT2D eigenvalue weighted by Gasteiger charge is 2.11. The van der Waals surface area contributed by atoms with E-state index >= 15 is 0 Å². The number of nitrogens with one attached hydrogen (secondary N) is 1. The van der Waals surface area contributed by atoms with Crippen LogP contribution in [-0.4, -0.2) is 24.6 Å². The van der Waals surface area contributed by atoms with Gasteiger partial charge in [0.05, 0.1) is 11.3 Å². The van der Waals surface area contributed by atoms with Crippen molar-refractivity contribution in [3.05, 3.63) is 59.7 Å². The molecule has 0 heterocycles. The maximum atomic E-state index is 11.9. The van der Waals surface area contributed by atoms with E-state index in [9.17, 15) is 14.4 Å². The predicted molar refractivity (Wildman–Crippen MR) is 82.4 cm³/mol. The number of hydrogen-bond acceptors (Lipinski definition) is 4. The summed E-state index contributed by atoms with van der Waals surface area (Å²) in [5.74, 6) is -0.204.